The van der Waals surface area contributed by atoms with Crippen molar-refractivity contribution in [2.75, 3.05) is 43.4 Å². The Morgan fingerprint density at radius 1 is 1.39 bits per heavy atom. The Hall–Kier alpha value is -1.29. The van der Waals surface area contributed by atoms with Gasteiger partial charge in [-0.3, -0.25) is 0 Å². The molecule has 4 heteroatoms. The minimum atomic E-state index is 0.778. The third kappa shape index (κ3) is 3.60. The van der Waals surface area contributed by atoms with Gasteiger partial charge in [-0.05, 0) is 38.4 Å². The summed E-state index contributed by atoms with van der Waals surface area (Å²) in [5, 5.41) is 6.76. The summed E-state index contributed by atoms with van der Waals surface area (Å²) in [7, 11) is 0. The van der Waals surface area contributed by atoms with Crippen LogP contribution >= 0.6 is 0 Å². The van der Waals surface area contributed by atoms with E-state index in [4.69, 9.17) is 0 Å². The van der Waals surface area contributed by atoms with E-state index in [0.717, 1.165) is 30.5 Å². The molecule has 0 radical (unpaired) electrons. The molecular formula is C14H24N4. The molecule has 0 aromatic carbocycles. The smallest absolute Gasteiger partial charge is 0.127 e. The molecule has 1 aliphatic rings. The topological polar surface area (TPSA) is 40.2 Å². The molecule has 1 aromatic rings. The second-order valence-electron chi connectivity index (χ2n) is 4.89. The van der Waals surface area contributed by atoms with Gasteiger partial charge in [-0.2, -0.15) is 0 Å². The van der Waals surface area contributed by atoms with Gasteiger partial charge >= 0.3 is 0 Å². The predicted molar refractivity (Wildman–Crippen MR) is 77.1 cm³/mol. The number of pyridine rings is 1. The number of nitrogens with zero attached hydrogens (tertiary/aromatic N) is 2. The fourth-order valence-electron chi connectivity index (χ4n) is 2.45. The van der Waals surface area contributed by atoms with Crippen molar-refractivity contribution in [3.8, 4) is 0 Å². The zero-order valence-corrected chi connectivity index (χ0v) is 11.4. The maximum absolute atomic E-state index is 4.27. The Balaban J connectivity index is 1.81. The summed E-state index contributed by atoms with van der Waals surface area (Å²) >= 11 is 0. The average Bonchev–Trinajstić information content (AvgIpc) is 2.85. The summed E-state index contributed by atoms with van der Waals surface area (Å²) < 4.78 is 0. The summed E-state index contributed by atoms with van der Waals surface area (Å²) in [6, 6.07) is 4.11. The molecule has 0 aliphatic carbocycles. The zero-order valence-electron chi connectivity index (χ0n) is 11.4. The van der Waals surface area contributed by atoms with E-state index in [1.54, 1.807) is 0 Å². The second kappa shape index (κ2) is 6.59. The summed E-state index contributed by atoms with van der Waals surface area (Å²) in [6.07, 6.45) is 3.17. The zero-order chi connectivity index (χ0) is 12.8. The van der Waals surface area contributed by atoms with Crippen LogP contribution in [0.3, 0.4) is 0 Å². The van der Waals surface area contributed by atoms with Crippen molar-refractivity contribution < 1.29 is 0 Å². The summed E-state index contributed by atoms with van der Waals surface area (Å²) in [5.74, 6) is 1.73. The van der Waals surface area contributed by atoms with Crippen LogP contribution in [-0.2, 0) is 0 Å². The lowest BCUT2D eigenvalue weighted by atomic mass is 10.1. The predicted octanol–water partition coefficient (Wildman–Crippen LogP) is 2.27. The van der Waals surface area contributed by atoms with E-state index in [-0.39, 0.29) is 0 Å². The first-order valence-corrected chi connectivity index (χ1v) is 6.98. The van der Waals surface area contributed by atoms with Gasteiger partial charge in [-0.25, -0.2) is 4.98 Å². The largest absolute Gasteiger partial charge is 0.385 e. The normalized spacial score (nSPS) is 20.0. The molecule has 2 heterocycles. The molecule has 0 amide bonds. The molecule has 1 saturated heterocycles. The van der Waals surface area contributed by atoms with Crippen molar-refractivity contribution in [3.05, 3.63) is 18.3 Å². The van der Waals surface area contributed by atoms with Gasteiger partial charge in [0.15, 0.2) is 0 Å². The Morgan fingerprint density at radius 2 is 2.28 bits per heavy atom. The molecule has 2 N–H and O–H groups in total. The summed E-state index contributed by atoms with van der Waals surface area (Å²) in [4.78, 5) is 6.79. The number of hydrogen-bond donors (Lipinski definition) is 2. The van der Waals surface area contributed by atoms with Crippen LogP contribution in [-0.4, -0.2) is 42.6 Å². The highest BCUT2D eigenvalue weighted by Gasteiger charge is 2.20. The molecular weight excluding hydrogens is 224 g/mol. The van der Waals surface area contributed by atoms with Crippen molar-refractivity contribution in [1.29, 1.82) is 0 Å². The molecule has 2 rings (SSSR count). The number of nitrogens with one attached hydrogen (secondary N) is 2. The number of hydrogen-bond acceptors (Lipinski definition) is 4. The van der Waals surface area contributed by atoms with Crippen molar-refractivity contribution in [2.24, 2.45) is 5.92 Å². The van der Waals surface area contributed by atoms with Crippen LogP contribution < -0.4 is 10.6 Å². The third-order valence-corrected chi connectivity index (χ3v) is 3.53. The Bertz CT molecular complexity index is 367. The number of likely N-dealkylation sites (tertiary alicyclic amines) is 1. The molecule has 100 valence electrons. The maximum Gasteiger partial charge on any atom is 0.127 e. The van der Waals surface area contributed by atoms with E-state index in [1.165, 1.54) is 26.1 Å². The molecule has 1 unspecified atom stereocenters. The van der Waals surface area contributed by atoms with Crippen LogP contribution in [0.2, 0.25) is 0 Å². The molecule has 1 atom stereocenters. The first-order chi connectivity index (χ1) is 8.81. The lowest BCUT2D eigenvalue weighted by molar-refractivity contribution is 0.345. The van der Waals surface area contributed by atoms with E-state index in [9.17, 15) is 0 Å². The second-order valence-corrected chi connectivity index (χ2v) is 4.89. The fourth-order valence-corrected chi connectivity index (χ4v) is 2.45. The van der Waals surface area contributed by atoms with Gasteiger partial charge in [0.1, 0.15) is 5.82 Å². The van der Waals surface area contributed by atoms with Crippen molar-refractivity contribution in [3.63, 3.8) is 0 Å². The highest BCUT2D eigenvalue weighted by molar-refractivity contribution is 5.51. The van der Waals surface area contributed by atoms with E-state index >= 15 is 0 Å². The van der Waals surface area contributed by atoms with Gasteiger partial charge in [-0.15, -0.1) is 0 Å². The molecule has 1 fully saturated rings. The van der Waals surface area contributed by atoms with Crippen LogP contribution in [0.5, 0.6) is 0 Å². The van der Waals surface area contributed by atoms with Crippen molar-refractivity contribution in [2.45, 2.75) is 20.3 Å². The van der Waals surface area contributed by atoms with Gasteiger partial charge in [0, 0.05) is 37.6 Å². The Morgan fingerprint density at radius 3 is 3.00 bits per heavy atom. The van der Waals surface area contributed by atoms with Crippen LogP contribution in [0.4, 0.5) is 11.5 Å². The molecule has 0 spiro atoms. The van der Waals surface area contributed by atoms with Crippen molar-refractivity contribution in [1.82, 2.24) is 9.88 Å². The lowest BCUT2D eigenvalue weighted by Gasteiger charge is -2.14. The van der Waals surface area contributed by atoms with Gasteiger partial charge in [0.05, 0.1) is 0 Å². The highest BCUT2D eigenvalue weighted by atomic mass is 15.1. The summed E-state index contributed by atoms with van der Waals surface area (Å²) in [6.45, 7) is 9.95. The first-order valence-electron chi connectivity index (χ1n) is 6.98. The van der Waals surface area contributed by atoms with E-state index < -0.39 is 0 Å². The quantitative estimate of drug-likeness (QED) is 0.810. The first kappa shape index (κ1) is 13.1. The molecule has 0 bridgehead atoms. The minimum absolute atomic E-state index is 0.778. The molecule has 1 aromatic heterocycles. The number of aromatic nitrogens is 1. The van der Waals surface area contributed by atoms with Crippen molar-refractivity contribution >= 4 is 11.5 Å². The van der Waals surface area contributed by atoms with E-state index in [1.807, 2.05) is 12.3 Å². The van der Waals surface area contributed by atoms with Gasteiger partial charge in [0.2, 0.25) is 0 Å². The number of anilines is 2. The monoisotopic (exact) mass is 248 g/mol. The highest BCUT2D eigenvalue weighted by Crippen LogP contribution is 2.18. The summed E-state index contributed by atoms with van der Waals surface area (Å²) in [5.41, 5.74) is 1.16. The van der Waals surface area contributed by atoms with Crippen LogP contribution in [0.15, 0.2) is 18.3 Å². The van der Waals surface area contributed by atoms with E-state index in [0.29, 0.717) is 0 Å². The van der Waals surface area contributed by atoms with Gasteiger partial charge < -0.3 is 15.5 Å². The Kier molecular flexibility index (Phi) is 4.81. The fraction of sp³-hybridized carbons (Fsp3) is 0.643. The van der Waals surface area contributed by atoms with Crippen LogP contribution in [0.25, 0.3) is 0 Å². The molecule has 1 aliphatic heterocycles. The lowest BCUT2D eigenvalue weighted by Crippen LogP contribution is -2.22. The molecule has 4 nitrogen and oxygen atoms in total. The Labute approximate surface area is 110 Å². The van der Waals surface area contributed by atoms with Gasteiger partial charge in [-0.1, -0.05) is 6.92 Å². The standard InChI is InChI=1S/C14H24N4/c1-3-15-14-9-13(5-7-16-14)17-10-12-6-8-18(4-2)11-12/h5,7,9,12H,3-4,6,8,10-11H2,1-2H3,(H2,15,16,17). The van der Waals surface area contributed by atoms with Crippen LogP contribution in [0.1, 0.15) is 20.3 Å². The SMILES string of the molecule is CCNc1cc(NCC2CCN(CC)C2)ccn1. The van der Waals surface area contributed by atoms with Crippen LogP contribution in [0, 0.1) is 5.92 Å². The minimum Gasteiger partial charge on any atom is -0.385 e. The molecule has 0 saturated carbocycles. The molecule has 18 heavy (non-hydrogen) atoms. The number of rotatable bonds is 6. The van der Waals surface area contributed by atoms with Gasteiger partial charge in [0.25, 0.3) is 0 Å². The average molecular weight is 248 g/mol. The maximum atomic E-state index is 4.27. The third-order valence-electron chi connectivity index (χ3n) is 3.53. The van der Waals surface area contributed by atoms with E-state index in [2.05, 4.69) is 40.4 Å².